The number of ether oxygens (including phenoxy) is 1. The Morgan fingerprint density at radius 1 is 1.44 bits per heavy atom. The van der Waals surface area contributed by atoms with Gasteiger partial charge in [0.1, 0.15) is 5.75 Å². The van der Waals surface area contributed by atoms with Crippen LogP contribution in [0, 0.1) is 0 Å². The van der Waals surface area contributed by atoms with Crippen LogP contribution in [0.5, 0.6) is 5.75 Å². The molecule has 1 heterocycles. The monoisotopic (exact) mass is 263 g/mol. The summed E-state index contributed by atoms with van der Waals surface area (Å²) in [5.41, 5.74) is 0.872. The lowest BCUT2D eigenvalue weighted by molar-refractivity contribution is 0.414. The highest BCUT2D eigenvalue weighted by Crippen LogP contribution is 2.30. The Morgan fingerprint density at radius 3 is 3.00 bits per heavy atom. The molecular formula is C13H14ClN3O. The molecule has 1 saturated carbocycles. The summed E-state index contributed by atoms with van der Waals surface area (Å²) in [7, 11) is 1.64. The van der Waals surface area contributed by atoms with E-state index in [9.17, 15) is 0 Å². The highest BCUT2D eigenvalue weighted by atomic mass is 35.5. The third kappa shape index (κ3) is 2.16. The molecule has 3 rings (SSSR count). The van der Waals surface area contributed by atoms with Crippen molar-refractivity contribution in [1.29, 1.82) is 0 Å². The number of benzene rings is 1. The van der Waals surface area contributed by atoms with Gasteiger partial charge in [0.2, 0.25) is 5.95 Å². The summed E-state index contributed by atoms with van der Waals surface area (Å²) in [4.78, 5) is 4.32. The van der Waals surface area contributed by atoms with Crippen molar-refractivity contribution in [3.8, 4) is 11.4 Å². The van der Waals surface area contributed by atoms with E-state index in [1.54, 1.807) is 13.3 Å². The minimum absolute atomic E-state index is 0.551. The summed E-state index contributed by atoms with van der Waals surface area (Å²) in [5.74, 6) is 1.60. The van der Waals surface area contributed by atoms with E-state index in [0.717, 1.165) is 17.4 Å². The predicted molar refractivity (Wildman–Crippen MR) is 71.8 cm³/mol. The van der Waals surface area contributed by atoms with Gasteiger partial charge in [0.05, 0.1) is 17.8 Å². The fourth-order valence-electron chi connectivity index (χ4n) is 1.82. The molecule has 0 spiro atoms. The maximum Gasteiger partial charge on any atom is 0.207 e. The quantitative estimate of drug-likeness (QED) is 0.921. The van der Waals surface area contributed by atoms with Crippen LogP contribution in [0.2, 0.25) is 5.02 Å². The largest absolute Gasteiger partial charge is 0.497 e. The van der Waals surface area contributed by atoms with Crippen LogP contribution in [0.25, 0.3) is 5.69 Å². The Morgan fingerprint density at radius 2 is 2.28 bits per heavy atom. The van der Waals surface area contributed by atoms with Crippen molar-refractivity contribution >= 4 is 17.5 Å². The van der Waals surface area contributed by atoms with Gasteiger partial charge in [-0.3, -0.25) is 4.57 Å². The van der Waals surface area contributed by atoms with Crippen molar-refractivity contribution in [2.75, 3.05) is 12.4 Å². The Hall–Kier alpha value is -1.68. The first kappa shape index (κ1) is 11.4. The molecule has 1 aromatic carbocycles. The van der Waals surface area contributed by atoms with Gasteiger partial charge < -0.3 is 10.1 Å². The number of hydrogen-bond donors (Lipinski definition) is 1. The maximum absolute atomic E-state index is 6.24. The van der Waals surface area contributed by atoms with Gasteiger partial charge in [-0.25, -0.2) is 4.98 Å². The molecule has 0 bridgehead atoms. The highest BCUT2D eigenvalue weighted by Gasteiger charge is 2.23. The average molecular weight is 264 g/mol. The number of halogens is 1. The smallest absolute Gasteiger partial charge is 0.207 e. The average Bonchev–Trinajstić information content (AvgIpc) is 3.07. The van der Waals surface area contributed by atoms with Crippen LogP contribution in [0.15, 0.2) is 30.6 Å². The molecular weight excluding hydrogens is 250 g/mol. The second kappa shape index (κ2) is 4.53. The standard InChI is InChI=1S/C13H14ClN3O/c1-18-10-4-5-11(14)12(8-10)17-7-6-15-13(17)16-9-2-3-9/h4-9H,2-3H2,1H3,(H,15,16). The van der Waals surface area contributed by atoms with Crippen LogP contribution in [-0.2, 0) is 0 Å². The van der Waals surface area contributed by atoms with Crippen molar-refractivity contribution in [2.24, 2.45) is 0 Å². The van der Waals surface area contributed by atoms with E-state index in [2.05, 4.69) is 10.3 Å². The van der Waals surface area contributed by atoms with E-state index >= 15 is 0 Å². The first-order valence-electron chi connectivity index (χ1n) is 5.92. The molecule has 0 atom stereocenters. The van der Waals surface area contributed by atoms with E-state index in [1.807, 2.05) is 29.0 Å². The van der Waals surface area contributed by atoms with Crippen molar-refractivity contribution in [3.05, 3.63) is 35.6 Å². The molecule has 1 aliphatic carbocycles. The lowest BCUT2D eigenvalue weighted by Gasteiger charge is -2.12. The lowest BCUT2D eigenvalue weighted by atomic mass is 10.3. The molecule has 1 N–H and O–H groups in total. The highest BCUT2D eigenvalue weighted by molar-refractivity contribution is 6.32. The van der Waals surface area contributed by atoms with Gasteiger partial charge in [0.25, 0.3) is 0 Å². The zero-order chi connectivity index (χ0) is 12.5. The molecule has 0 saturated heterocycles. The van der Waals surface area contributed by atoms with Crippen LogP contribution in [-0.4, -0.2) is 22.7 Å². The molecule has 1 aromatic heterocycles. The lowest BCUT2D eigenvalue weighted by Crippen LogP contribution is -2.08. The van der Waals surface area contributed by atoms with Crippen molar-refractivity contribution < 1.29 is 4.74 Å². The summed E-state index contributed by atoms with van der Waals surface area (Å²) in [6.45, 7) is 0. The number of rotatable bonds is 4. The molecule has 94 valence electrons. The molecule has 0 amide bonds. The number of nitrogens with zero attached hydrogens (tertiary/aromatic N) is 2. The number of anilines is 1. The first-order chi connectivity index (χ1) is 8.78. The number of methoxy groups -OCH3 is 1. The van der Waals surface area contributed by atoms with E-state index in [1.165, 1.54) is 12.8 Å². The third-order valence-corrected chi connectivity index (χ3v) is 3.28. The number of hydrogen-bond acceptors (Lipinski definition) is 3. The van der Waals surface area contributed by atoms with E-state index < -0.39 is 0 Å². The van der Waals surface area contributed by atoms with Crippen LogP contribution >= 0.6 is 11.6 Å². The van der Waals surface area contributed by atoms with Gasteiger partial charge in [-0.15, -0.1) is 0 Å². The molecule has 5 heteroatoms. The first-order valence-corrected chi connectivity index (χ1v) is 6.29. The summed E-state index contributed by atoms with van der Waals surface area (Å²) < 4.78 is 7.18. The molecule has 18 heavy (non-hydrogen) atoms. The maximum atomic E-state index is 6.24. The van der Waals surface area contributed by atoms with Crippen LogP contribution in [0.1, 0.15) is 12.8 Å². The molecule has 0 aliphatic heterocycles. The van der Waals surface area contributed by atoms with Crippen LogP contribution in [0.4, 0.5) is 5.95 Å². The third-order valence-electron chi connectivity index (χ3n) is 2.96. The van der Waals surface area contributed by atoms with Gasteiger partial charge in [-0.2, -0.15) is 0 Å². The minimum atomic E-state index is 0.551. The summed E-state index contributed by atoms with van der Waals surface area (Å²) >= 11 is 6.24. The normalized spacial score (nSPS) is 14.6. The van der Waals surface area contributed by atoms with Gasteiger partial charge in [0, 0.05) is 24.5 Å². The SMILES string of the molecule is COc1ccc(Cl)c(-n2ccnc2NC2CC2)c1. The van der Waals surface area contributed by atoms with Gasteiger partial charge >= 0.3 is 0 Å². The van der Waals surface area contributed by atoms with Crippen molar-refractivity contribution in [2.45, 2.75) is 18.9 Å². The second-order valence-corrected chi connectivity index (χ2v) is 4.76. The summed E-state index contributed by atoms with van der Waals surface area (Å²) in [5, 5.41) is 4.05. The Bertz CT molecular complexity index is 563. The van der Waals surface area contributed by atoms with Crippen LogP contribution in [0.3, 0.4) is 0 Å². The summed E-state index contributed by atoms with van der Waals surface area (Å²) in [6.07, 6.45) is 6.07. The predicted octanol–water partition coefficient (Wildman–Crippen LogP) is 3.11. The zero-order valence-electron chi connectivity index (χ0n) is 10.1. The Kier molecular flexibility index (Phi) is 2.88. The van der Waals surface area contributed by atoms with Crippen molar-refractivity contribution in [1.82, 2.24) is 9.55 Å². The molecule has 1 fully saturated rings. The number of imidazole rings is 1. The van der Waals surface area contributed by atoms with Crippen molar-refractivity contribution in [3.63, 3.8) is 0 Å². The molecule has 2 aromatic rings. The molecule has 0 radical (unpaired) electrons. The van der Waals surface area contributed by atoms with E-state index in [4.69, 9.17) is 16.3 Å². The molecule has 0 unspecified atom stereocenters. The van der Waals surface area contributed by atoms with E-state index in [0.29, 0.717) is 11.1 Å². The number of nitrogens with one attached hydrogen (secondary N) is 1. The molecule has 1 aliphatic rings. The fourth-order valence-corrected chi connectivity index (χ4v) is 2.03. The second-order valence-electron chi connectivity index (χ2n) is 4.36. The minimum Gasteiger partial charge on any atom is -0.497 e. The number of aromatic nitrogens is 2. The Balaban J connectivity index is 2.00. The Labute approximate surface area is 111 Å². The van der Waals surface area contributed by atoms with Crippen LogP contribution < -0.4 is 10.1 Å². The van der Waals surface area contributed by atoms with Gasteiger partial charge in [-0.1, -0.05) is 11.6 Å². The van der Waals surface area contributed by atoms with E-state index in [-0.39, 0.29) is 0 Å². The van der Waals surface area contributed by atoms with Gasteiger partial charge in [-0.05, 0) is 25.0 Å². The summed E-state index contributed by atoms with van der Waals surface area (Å²) in [6, 6.07) is 6.13. The topological polar surface area (TPSA) is 39.1 Å². The zero-order valence-corrected chi connectivity index (χ0v) is 10.8. The van der Waals surface area contributed by atoms with Gasteiger partial charge in [0.15, 0.2) is 0 Å². The molecule has 4 nitrogen and oxygen atoms in total. The fraction of sp³-hybridized carbons (Fsp3) is 0.308.